The summed E-state index contributed by atoms with van der Waals surface area (Å²) in [4.78, 5) is 29.4. The van der Waals surface area contributed by atoms with Crippen LogP contribution < -0.4 is 0 Å². The van der Waals surface area contributed by atoms with Gasteiger partial charge in [0.05, 0.1) is 37.8 Å². The van der Waals surface area contributed by atoms with Crippen molar-refractivity contribution in [2.24, 2.45) is 0 Å². The summed E-state index contributed by atoms with van der Waals surface area (Å²) >= 11 is 1.34. The van der Waals surface area contributed by atoms with E-state index in [2.05, 4.69) is 4.98 Å². The Labute approximate surface area is 147 Å². The Bertz CT molecular complexity index is 780. The summed E-state index contributed by atoms with van der Waals surface area (Å²) < 4.78 is 18.6. The first-order valence-corrected chi connectivity index (χ1v) is 8.70. The molecule has 2 aromatic rings. The minimum Gasteiger partial charge on any atom is -0.481 e. The Morgan fingerprint density at radius 2 is 2.28 bits per heavy atom. The highest BCUT2D eigenvalue weighted by Crippen LogP contribution is 2.25. The van der Waals surface area contributed by atoms with Crippen molar-refractivity contribution in [3.63, 3.8) is 0 Å². The van der Waals surface area contributed by atoms with Gasteiger partial charge in [-0.3, -0.25) is 9.59 Å². The number of nitrogens with zero attached hydrogens (tertiary/aromatic N) is 2. The minimum atomic E-state index is -0.963. The lowest BCUT2D eigenvalue weighted by Gasteiger charge is -2.34. The molecule has 1 atom stereocenters. The summed E-state index contributed by atoms with van der Waals surface area (Å²) in [5, 5.41) is 11.4. The van der Waals surface area contributed by atoms with Crippen molar-refractivity contribution in [3.05, 3.63) is 41.2 Å². The summed E-state index contributed by atoms with van der Waals surface area (Å²) in [6, 6.07) is 5.68. The number of carboxylic acids is 1. The van der Waals surface area contributed by atoms with Gasteiger partial charge in [-0.2, -0.15) is 0 Å². The number of hydrogen-bond donors (Lipinski definition) is 1. The number of halogens is 1. The van der Waals surface area contributed by atoms with E-state index in [0.29, 0.717) is 29.4 Å². The van der Waals surface area contributed by atoms with Gasteiger partial charge in [-0.05, 0) is 12.1 Å². The van der Waals surface area contributed by atoms with E-state index in [1.54, 1.807) is 22.4 Å². The van der Waals surface area contributed by atoms with E-state index in [0.717, 1.165) is 0 Å². The van der Waals surface area contributed by atoms with Crippen molar-refractivity contribution < 1.29 is 23.8 Å². The molecule has 1 aromatic heterocycles. The number of morpholine rings is 1. The molecule has 25 heavy (non-hydrogen) atoms. The molecule has 132 valence electrons. The third-order valence-corrected chi connectivity index (χ3v) is 4.85. The average molecular weight is 364 g/mol. The van der Waals surface area contributed by atoms with Crippen LogP contribution >= 0.6 is 11.3 Å². The smallest absolute Gasteiger partial charge is 0.305 e. The number of thiazole rings is 1. The number of aliphatic carboxylic acids is 1. The van der Waals surface area contributed by atoms with Crippen LogP contribution in [0.4, 0.5) is 4.39 Å². The highest BCUT2D eigenvalue weighted by atomic mass is 32.1. The number of carbonyl (C=O) groups is 2. The van der Waals surface area contributed by atoms with Gasteiger partial charge in [0.15, 0.2) is 0 Å². The maximum absolute atomic E-state index is 13.3. The van der Waals surface area contributed by atoms with Crippen LogP contribution in [0.25, 0.3) is 10.6 Å². The number of benzene rings is 1. The van der Waals surface area contributed by atoms with Crippen LogP contribution in [0.3, 0.4) is 0 Å². The molecule has 0 spiro atoms. The minimum absolute atomic E-state index is 0.0853. The Morgan fingerprint density at radius 1 is 1.44 bits per heavy atom. The number of ether oxygens (including phenoxy) is 1. The van der Waals surface area contributed by atoms with Gasteiger partial charge < -0.3 is 14.7 Å². The molecule has 1 aromatic carbocycles. The molecular formula is C17H17FN2O4S. The molecular weight excluding hydrogens is 347 g/mol. The predicted octanol–water partition coefficient (Wildman–Crippen LogP) is 2.19. The van der Waals surface area contributed by atoms with E-state index in [1.807, 2.05) is 0 Å². The lowest BCUT2D eigenvalue weighted by molar-refractivity contribution is -0.145. The Hall–Kier alpha value is -2.32. The van der Waals surface area contributed by atoms with Crippen molar-refractivity contribution in [2.75, 3.05) is 19.8 Å². The highest BCUT2D eigenvalue weighted by Gasteiger charge is 2.29. The molecule has 8 heteroatoms. The molecule has 1 unspecified atom stereocenters. The van der Waals surface area contributed by atoms with E-state index >= 15 is 0 Å². The number of hydrogen-bond acceptors (Lipinski definition) is 5. The van der Waals surface area contributed by atoms with Gasteiger partial charge in [-0.25, -0.2) is 9.37 Å². The van der Waals surface area contributed by atoms with Gasteiger partial charge in [0, 0.05) is 17.5 Å². The zero-order valence-corrected chi connectivity index (χ0v) is 14.2. The highest BCUT2D eigenvalue weighted by molar-refractivity contribution is 7.13. The number of amides is 1. The fourth-order valence-electron chi connectivity index (χ4n) is 2.75. The molecule has 1 aliphatic rings. The van der Waals surface area contributed by atoms with Crippen LogP contribution in [0.15, 0.2) is 29.6 Å². The first-order chi connectivity index (χ1) is 12.0. The average Bonchev–Trinajstić information content (AvgIpc) is 3.03. The third-order valence-electron chi connectivity index (χ3n) is 3.91. The number of carbonyl (C=O) groups excluding carboxylic acids is 1. The zero-order chi connectivity index (χ0) is 17.8. The van der Waals surface area contributed by atoms with Gasteiger partial charge in [0.25, 0.3) is 0 Å². The van der Waals surface area contributed by atoms with Crippen LogP contribution in [0, 0.1) is 5.82 Å². The molecule has 3 rings (SSSR count). The number of aromatic nitrogens is 1. The molecule has 2 heterocycles. The third kappa shape index (κ3) is 4.40. The molecule has 0 aliphatic carbocycles. The lowest BCUT2D eigenvalue weighted by atomic mass is 10.1. The quantitative estimate of drug-likeness (QED) is 0.880. The Balaban J connectivity index is 1.69. The molecule has 0 saturated carbocycles. The molecule has 0 bridgehead atoms. The van der Waals surface area contributed by atoms with Crippen molar-refractivity contribution in [2.45, 2.75) is 18.9 Å². The van der Waals surface area contributed by atoms with Crippen molar-refractivity contribution in [1.29, 1.82) is 0 Å². The Kier molecular flexibility index (Phi) is 5.40. The Morgan fingerprint density at radius 3 is 3.04 bits per heavy atom. The predicted molar refractivity (Wildman–Crippen MR) is 89.8 cm³/mol. The van der Waals surface area contributed by atoms with Crippen molar-refractivity contribution >= 4 is 23.2 Å². The molecule has 0 radical (unpaired) electrons. The monoisotopic (exact) mass is 364 g/mol. The van der Waals surface area contributed by atoms with Crippen LogP contribution in [0.5, 0.6) is 0 Å². The molecule has 1 saturated heterocycles. The van der Waals surface area contributed by atoms with Crippen LogP contribution in [-0.4, -0.2) is 52.7 Å². The first-order valence-electron chi connectivity index (χ1n) is 7.82. The van der Waals surface area contributed by atoms with E-state index in [9.17, 15) is 14.0 Å². The second-order valence-electron chi connectivity index (χ2n) is 5.74. The second kappa shape index (κ2) is 7.71. The van der Waals surface area contributed by atoms with E-state index in [4.69, 9.17) is 9.84 Å². The van der Waals surface area contributed by atoms with E-state index < -0.39 is 12.0 Å². The van der Waals surface area contributed by atoms with Gasteiger partial charge in [0.2, 0.25) is 5.91 Å². The summed E-state index contributed by atoms with van der Waals surface area (Å²) in [7, 11) is 0. The molecule has 1 fully saturated rings. The van der Waals surface area contributed by atoms with Crippen LogP contribution in [0.2, 0.25) is 0 Å². The van der Waals surface area contributed by atoms with Gasteiger partial charge in [0.1, 0.15) is 10.8 Å². The van der Waals surface area contributed by atoms with Crippen molar-refractivity contribution in [1.82, 2.24) is 9.88 Å². The molecule has 1 N–H and O–H groups in total. The number of carboxylic acid groups (broad SMARTS) is 1. The first kappa shape index (κ1) is 17.5. The molecule has 6 nitrogen and oxygen atoms in total. The fraction of sp³-hybridized carbons (Fsp3) is 0.353. The SMILES string of the molecule is O=C(O)CC1COCCN1C(=O)Cc1csc(-c2cccc(F)c2)n1. The van der Waals surface area contributed by atoms with Gasteiger partial charge in [-0.1, -0.05) is 12.1 Å². The van der Waals surface area contributed by atoms with Crippen molar-refractivity contribution in [3.8, 4) is 10.6 Å². The maximum atomic E-state index is 13.3. The fourth-order valence-corrected chi connectivity index (χ4v) is 3.57. The van der Waals surface area contributed by atoms with Crippen LogP contribution in [-0.2, 0) is 20.7 Å². The topological polar surface area (TPSA) is 79.7 Å². The second-order valence-corrected chi connectivity index (χ2v) is 6.60. The summed E-state index contributed by atoms with van der Waals surface area (Å²) in [5.41, 5.74) is 1.26. The standard InChI is InChI=1S/C17H17FN2O4S/c18-12-3-1-2-11(6-12)17-19-13(10-25-17)7-15(21)20-4-5-24-9-14(20)8-16(22)23/h1-3,6,10,14H,4-5,7-9H2,(H,22,23). The molecule has 1 aliphatic heterocycles. The zero-order valence-electron chi connectivity index (χ0n) is 13.4. The van der Waals surface area contributed by atoms with Crippen LogP contribution in [0.1, 0.15) is 12.1 Å². The maximum Gasteiger partial charge on any atom is 0.305 e. The summed E-state index contributed by atoms with van der Waals surface area (Å²) in [6.07, 6.45) is -0.0563. The molecule has 1 amide bonds. The summed E-state index contributed by atoms with van der Waals surface area (Å²) in [6.45, 7) is 0.995. The van der Waals surface area contributed by atoms with Gasteiger partial charge >= 0.3 is 5.97 Å². The van der Waals surface area contributed by atoms with Gasteiger partial charge in [-0.15, -0.1) is 11.3 Å². The normalized spacial score (nSPS) is 17.5. The summed E-state index contributed by atoms with van der Waals surface area (Å²) in [5.74, 6) is -1.48. The van der Waals surface area contributed by atoms with E-state index in [1.165, 1.54) is 23.5 Å². The largest absolute Gasteiger partial charge is 0.481 e. The lowest BCUT2D eigenvalue weighted by Crippen LogP contribution is -2.50. The number of rotatable bonds is 5. The van der Waals surface area contributed by atoms with E-state index in [-0.39, 0.29) is 31.2 Å².